The van der Waals surface area contributed by atoms with Gasteiger partial charge < -0.3 is 15.4 Å². The predicted molar refractivity (Wildman–Crippen MR) is 99.0 cm³/mol. The molecular weight excluding hydrogens is 342 g/mol. The van der Waals surface area contributed by atoms with Crippen LogP contribution in [0.15, 0.2) is 36.4 Å². The SMILES string of the molecule is Cc1ccc2c(c1)OC(C)(C)C[C@@H]2NC(=S)Nc1ccc(F)c(F)c1. The molecule has 6 heteroatoms. The van der Waals surface area contributed by atoms with E-state index < -0.39 is 11.6 Å². The zero-order valence-corrected chi connectivity index (χ0v) is 15.1. The molecule has 0 saturated carbocycles. The van der Waals surface area contributed by atoms with Crippen LogP contribution >= 0.6 is 12.2 Å². The monoisotopic (exact) mass is 362 g/mol. The zero-order chi connectivity index (χ0) is 18.2. The van der Waals surface area contributed by atoms with Crippen molar-refractivity contribution >= 4 is 23.0 Å². The molecule has 0 fully saturated rings. The molecule has 0 unspecified atom stereocenters. The van der Waals surface area contributed by atoms with Crippen LogP contribution in [-0.2, 0) is 0 Å². The highest BCUT2D eigenvalue weighted by molar-refractivity contribution is 7.80. The molecule has 2 aromatic carbocycles. The summed E-state index contributed by atoms with van der Waals surface area (Å²) in [6, 6.07) is 9.61. The van der Waals surface area contributed by atoms with Gasteiger partial charge in [-0.2, -0.15) is 0 Å². The third-order valence-corrected chi connectivity index (χ3v) is 4.33. The van der Waals surface area contributed by atoms with Crippen LogP contribution in [0.5, 0.6) is 5.75 Å². The maximum absolute atomic E-state index is 13.3. The van der Waals surface area contributed by atoms with Crippen LogP contribution in [0.2, 0.25) is 0 Å². The van der Waals surface area contributed by atoms with E-state index in [1.807, 2.05) is 39.0 Å². The number of thiocarbonyl (C=S) groups is 1. The average Bonchev–Trinajstić information content (AvgIpc) is 2.49. The van der Waals surface area contributed by atoms with Crippen LogP contribution in [0.3, 0.4) is 0 Å². The molecule has 1 atom stereocenters. The van der Waals surface area contributed by atoms with E-state index in [4.69, 9.17) is 17.0 Å². The highest BCUT2D eigenvalue weighted by Gasteiger charge is 2.34. The molecule has 0 saturated heterocycles. The first-order chi connectivity index (χ1) is 11.7. The lowest BCUT2D eigenvalue weighted by Crippen LogP contribution is -2.42. The number of halogens is 2. The Morgan fingerprint density at radius 1 is 1.16 bits per heavy atom. The lowest BCUT2D eigenvalue weighted by atomic mass is 9.89. The molecule has 0 radical (unpaired) electrons. The maximum atomic E-state index is 13.3. The van der Waals surface area contributed by atoms with Gasteiger partial charge in [0, 0.05) is 23.7 Å². The summed E-state index contributed by atoms with van der Waals surface area (Å²) in [4.78, 5) is 0. The topological polar surface area (TPSA) is 33.3 Å². The van der Waals surface area contributed by atoms with Gasteiger partial charge in [0.2, 0.25) is 0 Å². The highest BCUT2D eigenvalue weighted by Crippen LogP contribution is 2.39. The van der Waals surface area contributed by atoms with Crippen LogP contribution < -0.4 is 15.4 Å². The van der Waals surface area contributed by atoms with Gasteiger partial charge in [0.25, 0.3) is 0 Å². The minimum atomic E-state index is -0.916. The maximum Gasteiger partial charge on any atom is 0.171 e. The summed E-state index contributed by atoms with van der Waals surface area (Å²) in [6.07, 6.45) is 0.725. The molecule has 1 aliphatic rings. The van der Waals surface area contributed by atoms with E-state index in [1.54, 1.807) is 0 Å². The van der Waals surface area contributed by atoms with Crippen molar-refractivity contribution in [2.24, 2.45) is 0 Å². The number of ether oxygens (including phenoxy) is 1. The van der Waals surface area contributed by atoms with E-state index in [2.05, 4.69) is 10.6 Å². The molecule has 2 aromatic rings. The Bertz CT molecular complexity index is 823. The van der Waals surface area contributed by atoms with Gasteiger partial charge >= 0.3 is 0 Å². The Kier molecular flexibility index (Phi) is 4.64. The highest BCUT2D eigenvalue weighted by atomic mass is 32.1. The second-order valence-corrected chi connectivity index (χ2v) is 7.30. The summed E-state index contributed by atoms with van der Waals surface area (Å²) in [5.41, 5.74) is 2.21. The Morgan fingerprint density at radius 2 is 1.92 bits per heavy atom. The van der Waals surface area contributed by atoms with Gasteiger partial charge in [0.15, 0.2) is 16.7 Å². The molecule has 0 amide bonds. The van der Waals surface area contributed by atoms with Crippen molar-refractivity contribution in [2.45, 2.75) is 38.8 Å². The van der Waals surface area contributed by atoms with E-state index in [9.17, 15) is 8.78 Å². The number of hydrogen-bond acceptors (Lipinski definition) is 2. The van der Waals surface area contributed by atoms with E-state index >= 15 is 0 Å². The summed E-state index contributed by atoms with van der Waals surface area (Å²) in [5, 5.41) is 6.50. The molecular formula is C19H20F2N2OS. The average molecular weight is 362 g/mol. The van der Waals surface area contributed by atoms with Gasteiger partial charge in [-0.3, -0.25) is 0 Å². The lowest BCUT2D eigenvalue weighted by Gasteiger charge is -2.38. The van der Waals surface area contributed by atoms with Crippen molar-refractivity contribution in [1.29, 1.82) is 0 Å². The molecule has 25 heavy (non-hydrogen) atoms. The minimum absolute atomic E-state index is 0.0374. The number of aryl methyl sites for hydroxylation is 1. The quantitative estimate of drug-likeness (QED) is 0.748. The van der Waals surface area contributed by atoms with Crippen LogP contribution in [0.1, 0.15) is 37.4 Å². The largest absolute Gasteiger partial charge is 0.487 e. The summed E-state index contributed by atoms with van der Waals surface area (Å²) >= 11 is 5.34. The Balaban J connectivity index is 1.77. The fourth-order valence-electron chi connectivity index (χ4n) is 2.99. The standard InChI is InChI=1S/C19H20F2N2OS/c1-11-4-6-13-16(10-19(2,3)24-17(13)8-11)23-18(25)22-12-5-7-14(20)15(21)9-12/h4-9,16H,10H2,1-3H3,(H2,22,23,25)/t16-/m0/s1. The molecule has 0 aliphatic carbocycles. The van der Waals surface area contributed by atoms with Crippen molar-refractivity contribution in [2.75, 3.05) is 5.32 Å². The summed E-state index contributed by atoms with van der Waals surface area (Å²) < 4.78 is 32.4. The lowest BCUT2D eigenvalue weighted by molar-refractivity contribution is 0.0696. The van der Waals surface area contributed by atoms with Crippen molar-refractivity contribution < 1.29 is 13.5 Å². The normalized spacial score (nSPS) is 18.0. The van der Waals surface area contributed by atoms with E-state index in [0.717, 1.165) is 35.4 Å². The molecule has 3 nitrogen and oxygen atoms in total. The zero-order valence-electron chi connectivity index (χ0n) is 14.3. The van der Waals surface area contributed by atoms with Crippen LogP contribution in [0.25, 0.3) is 0 Å². The first-order valence-electron chi connectivity index (χ1n) is 8.06. The van der Waals surface area contributed by atoms with E-state index in [-0.39, 0.29) is 11.6 Å². The van der Waals surface area contributed by atoms with Crippen LogP contribution in [-0.4, -0.2) is 10.7 Å². The molecule has 3 rings (SSSR count). The fraction of sp³-hybridized carbons (Fsp3) is 0.316. The molecule has 1 aliphatic heterocycles. The van der Waals surface area contributed by atoms with Crippen molar-refractivity contribution in [3.05, 3.63) is 59.2 Å². The molecule has 2 N–H and O–H groups in total. The van der Waals surface area contributed by atoms with Gasteiger partial charge in [0.1, 0.15) is 11.4 Å². The minimum Gasteiger partial charge on any atom is -0.487 e. The molecule has 0 spiro atoms. The Labute approximate surface area is 151 Å². The first kappa shape index (κ1) is 17.6. The number of rotatable bonds is 2. The van der Waals surface area contributed by atoms with Gasteiger partial charge in [0.05, 0.1) is 6.04 Å². The van der Waals surface area contributed by atoms with E-state index in [1.165, 1.54) is 6.07 Å². The Hall–Kier alpha value is -2.21. The molecule has 0 bridgehead atoms. The van der Waals surface area contributed by atoms with Crippen LogP contribution in [0, 0.1) is 18.6 Å². The second kappa shape index (κ2) is 6.59. The summed E-state index contributed by atoms with van der Waals surface area (Å²) in [7, 11) is 0. The van der Waals surface area contributed by atoms with Gasteiger partial charge in [-0.05, 0) is 56.8 Å². The van der Waals surface area contributed by atoms with Gasteiger partial charge in [-0.25, -0.2) is 8.78 Å². The first-order valence-corrected chi connectivity index (χ1v) is 8.46. The number of hydrogen-bond donors (Lipinski definition) is 2. The summed E-state index contributed by atoms with van der Waals surface area (Å²) in [5.74, 6) is -0.967. The smallest absolute Gasteiger partial charge is 0.171 e. The third kappa shape index (κ3) is 4.07. The van der Waals surface area contributed by atoms with Gasteiger partial charge in [-0.15, -0.1) is 0 Å². The van der Waals surface area contributed by atoms with Gasteiger partial charge in [-0.1, -0.05) is 12.1 Å². The number of anilines is 1. The number of fused-ring (bicyclic) bond motifs is 1. The number of nitrogens with one attached hydrogen (secondary N) is 2. The van der Waals surface area contributed by atoms with Crippen LogP contribution in [0.4, 0.5) is 14.5 Å². The third-order valence-electron chi connectivity index (χ3n) is 4.11. The molecule has 1 heterocycles. The van der Waals surface area contributed by atoms with Crippen molar-refractivity contribution in [1.82, 2.24) is 5.32 Å². The number of benzene rings is 2. The fourth-order valence-corrected chi connectivity index (χ4v) is 3.25. The molecule has 132 valence electrons. The summed E-state index contributed by atoms with van der Waals surface area (Å²) in [6.45, 7) is 6.07. The van der Waals surface area contributed by atoms with Crippen molar-refractivity contribution in [3.63, 3.8) is 0 Å². The van der Waals surface area contributed by atoms with E-state index in [0.29, 0.717) is 10.8 Å². The van der Waals surface area contributed by atoms with Crippen molar-refractivity contribution in [3.8, 4) is 5.75 Å². The predicted octanol–water partition coefficient (Wildman–Crippen LogP) is 4.86. The molecule has 0 aromatic heterocycles. The Morgan fingerprint density at radius 3 is 2.64 bits per heavy atom. The second-order valence-electron chi connectivity index (χ2n) is 6.89.